The van der Waals surface area contributed by atoms with Crippen LogP contribution in [-0.4, -0.2) is 56.1 Å². The number of alkyl halides is 3. The fraction of sp³-hybridized carbons (Fsp3) is 0.462. The van der Waals surface area contributed by atoms with E-state index in [-0.39, 0.29) is 41.2 Å². The van der Waals surface area contributed by atoms with Crippen LogP contribution in [-0.2, 0) is 23.2 Å². The van der Waals surface area contributed by atoms with Gasteiger partial charge in [-0.15, -0.1) is 0 Å². The van der Waals surface area contributed by atoms with Gasteiger partial charge in [-0.05, 0) is 40.7 Å². The number of carbonyl (C=O) groups excluding carboxylic acids is 1. The second-order valence-corrected chi connectivity index (χ2v) is 12.6. The highest BCUT2D eigenvalue weighted by Gasteiger charge is 2.42. The molecule has 0 aliphatic carbocycles. The van der Waals surface area contributed by atoms with Gasteiger partial charge in [0.2, 0.25) is 6.10 Å². The number of anilines is 1. The van der Waals surface area contributed by atoms with Crippen molar-refractivity contribution in [3.63, 3.8) is 0 Å². The van der Waals surface area contributed by atoms with Crippen molar-refractivity contribution in [3.05, 3.63) is 58.9 Å². The summed E-state index contributed by atoms with van der Waals surface area (Å²) < 4.78 is 79.3. The second kappa shape index (κ2) is 11.2. The first-order chi connectivity index (χ1) is 17.5. The van der Waals surface area contributed by atoms with Gasteiger partial charge in [0.05, 0.1) is 24.6 Å². The van der Waals surface area contributed by atoms with Crippen molar-refractivity contribution in [2.75, 3.05) is 23.8 Å². The van der Waals surface area contributed by atoms with Gasteiger partial charge in [0, 0.05) is 11.7 Å². The number of halogens is 4. The molecule has 210 valence electrons. The standard InChI is InChI=1S/C26H32F4N2O5S/c1-25(2,3)18-6-4-5-15(8-18)11-32-20-14-38(35,36)13-17(24(20)34)7-16-9-19(27)23(31)21(10-16)37-22(12-33)26(28,29)30/h4-6,8-10,17,22,33,35-36H,7,11-14,31H2,1-3H3/t17-,22-/m1/s1. The predicted octanol–water partition coefficient (Wildman–Crippen LogP) is 5.14. The van der Waals surface area contributed by atoms with E-state index in [0.29, 0.717) is 0 Å². The highest BCUT2D eigenvalue weighted by Crippen LogP contribution is 2.45. The minimum absolute atomic E-state index is 0.00721. The molecular formula is C26H32F4N2O5S. The number of benzene rings is 2. The van der Waals surface area contributed by atoms with E-state index in [0.717, 1.165) is 23.3 Å². The summed E-state index contributed by atoms with van der Waals surface area (Å²) in [5, 5.41) is 9.03. The molecule has 0 bridgehead atoms. The number of aliphatic imine (C=N–C) groups is 1. The molecule has 2 aromatic carbocycles. The monoisotopic (exact) mass is 560 g/mol. The number of nitrogens with two attached hydrogens (primary N) is 1. The van der Waals surface area contributed by atoms with Crippen LogP contribution in [0.5, 0.6) is 5.75 Å². The first-order valence-corrected chi connectivity index (χ1v) is 13.7. The lowest BCUT2D eigenvalue weighted by Crippen LogP contribution is -2.40. The summed E-state index contributed by atoms with van der Waals surface area (Å²) in [6.45, 7) is 4.92. The van der Waals surface area contributed by atoms with E-state index < -0.39 is 58.4 Å². The third-order valence-corrected chi connectivity index (χ3v) is 7.84. The molecule has 0 saturated carbocycles. The van der Waals surface area contributed by atoms with Crippen molar-refractivity contribution in [2.24, 2.45) is 10.9 Å². The maximum absolute atomic E-state index is 14.4. The van der Waals surface area contributed by atoms with Gasteiger partial charge >= 0.3 is 6.18 Å². The quantitative estimate of drug-likeness (QED) is 0.275. The molecule has 0 aromatic heterocycles. The van der Waals surface area contributed by atoms with Gasteiger partial charge in [-0.3, -0.25) is 18.9 Å². The van der Waals surface area contributed by atoms with Crippen LogP contribution < -0.4 is 10.5 Å². The Balaban J connectivity index is 1.85. The fourth-order valence-corrected chi connectivity index (χ4v) is 5.79. The molecule has 1 fully saturated rings. The Labute approximate surface area is 220 Å². The highest BCUT2D eigenvalue weighted by atomic mass is 32.3. The average molecular weight is 561 g/mol. The van der Waals surface area contributed by atoms with E-state index >= 15 is 0 Å². The maximum atomic E-state index is 14.4. The van der Waals surface area contributed by atoms with Crippen LogP contribution in [0.3, 0.4) is 0 Å². The van der Waals surface area contributed by atoms with E-state index in [4.69, 9.17) is 15.6 Å². The second-order valence-electron chi connectivity index (χ2n) is 10.4. The minimum Gasteiger partial charge on any atom is -0.476 e. The van der Waals surface area contributed by atoms with E-state index in [1.54, 1.807) is 0 Å². The Bertz CT molecular complexity index is 1210. The molecule has 2 atom stereocenters. The van der Waals surface area contributed by atoms with Gasteiger partial charge in [-0.2, -0.15) is 23.8 Å². The lowest BCUT2D eigenvalue weighted by Gasteiger charge is -2.39. The van der Waals surface area contributed by atoms with Crippen LogP contribution in [0.2, 0.25) is 0 Å². The topological polar surface area (TPSA) is 125 Å². The number of hydrogen-bond donors (Lipinski definition) is 4. The molecule has 0 radical (unpaired) electrons. The van der Waals surface area contributed by atoms with Gasteiger partial charge < -0.3 is 15.6 Å². The summed E-state index contributed by atoms with van der Waals surface area (Å²) in [5.74, 6) is -3.77. The smallest absolute Gasteiger partial charge is 0.427 e. The molecule has 0 spiro atoms. The zero-order valence-corrected chi connectivity index (χ0v) is 22.1. The van der Waals surface area contributed by atoms with Gasteiger partial charge in [0.25, 0.3) is 0 Å². The molecule has 1 aliphatic heterocycles. The van der Waals surface area contributed by atoms with E-state index in [2.05, 4.69) is 25.8 Å². The zero-order chi connectivity index (χ0) is 28.5. The number of hydrogen-bond acceptors (Lipinski definition) is 7. The molecule has 12 heteroatoms. The van der Waals surface area contributed by atoms with Crippen LogP contribution >= 0.6 is 10.6 Å². The van der Waals surface area contributed by atoms with Gasteiger partial charge in [0.15, 0.2) is 5.78 Å². The molecule has 5 N–H and O–H groups in total. The molecule has 38 heavy (non-hydrogen) atoms. The van der Waals surface area contributed by atoms with Crippen LogP contribution in [0, 0.1) is 11.7 Å². The largest absolute Gasteiger partial charge is 0.476 e. The first kappa shape index (κ1) is 29.9. The summed E-state index contributed by atoms with van der Waals surface area (Å²) in [5.41, 5.74) is 6.73. The summed E-state index contributed by atoms with van der Waals surface area (Å²) in [6.07, 6.45) is -7.77. The van der Waals surface area contributed by atoms with Crippen LogP contribution in [0.15, 0.2) is 41.4 Å². The summed E-state index contributed by atoms with van der Waals surface area (Å²) >= 11 is 0. The van der Waals surface area contributed by atoms with Crippen molar-refractivity contribution >= 4 is 27.8 Å². The van der Waals surface area contributed by atoms with Crippen LogP contribution in [0.25, 0.3) is 0 Å². The lowest BCUT2D eigenvalue weighted by atomic mass is 9.86. The predicted molar refractivity (Wildman–Crippen MR) is 139 cm³/mol. The molecule has 1 aliphatic rings. The number of rotatable bonds is 7. The third kappa shape index (κ3) is 7.46. The Morgan fingerprint density at radius 3 is 2.45 bits per heavy atom. The fourth-order valence-electron chi connectivity index (χ4n) is 4.09. The molecule has 0 unspecified atom stereocenters. The van der Waals surface area contributed by atoms with Gasteiger partial charge in [-0.1, -0.05) is 45.0 Å². The van der Waals surface area contributed by atoms with Crippen molar-refractivity contribution in [3.8, 4) is 5.75 Å². The van der Waals surface area contributed by atoms with E-state index in [1.165, 1.54) is 0 Å². The average Bonchev–Trinajstić information content (AvgIpc) is 2.80. The third-order valence-electron chi connectivity index (χ3n) is 6.17. The van der Waals surface area contributed by atoms with Crippen LogP contribution in [0.4, 0.5) is 23.2 Å². The first-order valence-electron chi connectivity index (χ1n) is 11.8. The van der Waals surface area contributed by atoms with E-state index in [1.807, 2.05) is 24.3 Å². The zero-order valence-electron chi connectivity index (χ0n) is 21.3. The lowest BCUT2D eigenvalue weighted by molar-refractivity contribution is -0.203. The minimum atomic E-state index is -4.93. The molecule has 3 rings (SSSR count). The number of aliphatic hydroxyl groups excluding tert-OH is 1. The Morgan fingerprint density at radius 1 is 1.16 bits per heavy atom. The number of Topliss-reactive ketones (excluding diaryl/α,β-unsaturated/α-hetero) is 1. The van der Waals surface area contributed by atoms with E-state index in [9.17, 15) is 31.5 Å². The maximum Gasteiger partial charge on any atom is 0.427 e. The Kier molecular flexibility index (Phi) is 8.81. The Morgan fingerprint density at radius 2 is 1.84 bits per heavy atom. The van der Waals surface area contributed by atoms with Gasteiger partial charge in [-0.25, -0.2) is 4.39 Å². The summed E-state index contributed by atoms with van der Waals surface area (Å²) in [6, 6.07) is 9.68. The number of nitrogens with zero attached hydrogens (tertiary/aromatic N) is 1. The number of nitrogen functional groups attached to an aromatic ring is 1. The number of ether oxygens (including phenoxy) is 1. The van der Waals surface area contributed by atoms with Gasteiger partial charge in [0.1, 0.15) is 17.3 Å². The van der Waals surface area contributed by atoms with Crippen molar-refractivity contribution < 1.29 is 41.3 Å². The number of ketones is 1. The van der Waals surface area contributed by atoms with Crippen molar-refractivity contribution in [1.82, 2.24) is 0 Å². The number of aliphatic hydroxyl groups is 1. The molecular weight excluding hydrogens is 528 g/mol. The normalized spacial score (nSPS) is 20.8. The van der Waals surface area contributed by atoms with Crippen molar-refractivity contribution in [1.29, 1.82) is 0 Å². The SMILES string of the molecule is CC(C)(C)c1cccc(CN=C2CS(O)(O)C[C@@H](Cc3cc(F)c(N)c(O[C@H](CO)C(F)(F)F)c3)C2=O)c1. The summed E-state index contributed by atoms with van der Waals surface area (Å²) in [7, 11) is -3.22. The van der Waals surface area contributed by atoms with Crippen LogP contribution in [0.1, 0.15) is 37.5 Å². The molecule has 1 heterocycles. The van der Waals surface area contributed by atoms with Crippen molar-refractivity contribution in [2.45, 2.75) is 51.4 Å². The molecule has 1 saturated heterocycles. The number of carbonyl (C=O) groups is 1. The molecule has 2 aromatic rings. The highest BCUT2D eigenvalue weighted by molar-refractivity contribution is 8.25. The molecule has 7 nitrogen and oxygen atoms in total. The Hall–Kier alpha value is -2.67. The molecule has 0 amide bonds. The summed E-state index contributed by atoms with van der Waals surface area (Å²) in [4.78, 5) is 17.6.